The fourth-order valence-electron chi connectivity index (χ4n) is 2.22. The van der Waals surface area contributed by atoms with Gasteiger partial charge >= 0.3 is 0 Å². The Labute approximate surface area is 119 Å². The third-order valence-electron chi connectivity index (χ3n) is 3.31. The maximum absolute atomic E-state index is 13.7. The van der Waals surface area contributed by atoms with Gasteiger partial charge in [-0.25, -0.2) is 8.78 Å². The molecule has 2 aromatic carbocycles. The van der Waals surface area contributed by atoms with E-state index in [4.69, 9.17) is 10.5 Å². The number of anilines is 2. The zero-order valence-corrected chi connectivity index (χ0v) is 11.0. The smallest absolute Gasteiger partial charge is 0.255 e. The topological polar surface area (TPSA) is 64.3 Å². The number of hydrogen-bond acceptors (Lipinski definition) is 3. The molecule has 0 fully saturated rings. The van der Waals surface area contributed by atoms with Crippen molar-refractivity contribution in [2.45, 2.75) is 13.2 Å². The van der Waals surface area contributed by atoms with E-state index >= 15 is 0 Å². The Hall–Kier alpha value is -2.47. The van der Waals surface area contributed by atoms with Crippen LogP contribution in [0.3, 0.4) is 0 Å². The summed E-state index contributed by atoms with van der Waals surface area (Å²) in [7, 11) is 0. The van der Waals surface area contributed by atoms with Crippen LogP contribution in [0.15, 0.2) is 30.3 Å². The molecule has 0 radical (unpaired) electrons. The van der Waals surface area contributed by atoms with E-state index in [1.54, 1.807) is 18.2 Å². The molecule has 108 valence electrons. The lowest BCUT2D eigenvalue weighted by Crippen LogP contribution is -2.15. The predicted octanol–water partition coefficient (Wildman–Crippen LogP) is 2.83. The number of ether oxygens (including phenoxy) is 1. The SMILES string of the molecule is Nc1cc(F)cc(F)c1NC(=O)c1ccc2c(c1)COC2. The molecule has 21 heavy (non-hydrogen) atoms. The highest BCUT2D eigenvalue weighted by Gasteiger charge is 2.17. The lowest BCUT2D eigenvalue weighted by molar-refractivity contribution is 0.102. The number of fused-ring (bicyclic) bond motifs is 1. The van der Waals surface area contributed by atoms with Gasteiger partial charge in [-0.2, -0.15) is 0 Å². The molecule has 0 unspecified atom stereocenters. The zero-order chi connectivity index (χ0) is 15.0. The molecule has 0 atom stereocenters. The van der Waals surface area contributed by atoms with Crippen molar-refractivity contribution >= 4 is 17.3 Å². The van der Waals surface area contributed by atoms with Crippen LogP contribution in [0.25, 0.3) is 0 Å². The first-order valence-electron chi connectivity index (χ1n) is 6.30. The number of nitrogens with two attached hydrogens (primary N) is 1. The molecular formula is C15H12F2N2O2. The van der Waals surface area contributed by atoms with Crippen LogP contribution in [0, 0.1) is 11.6 Å². The number of carbonyl (C=O) groups excluding carboxylic acids is 1. The van der Waals surface area contributed by atoms with Crippen LogP contribution < -0.4 is 11.1 Å². The van der Waals surface area contributed by atoms with Crippen molar-refractivity contribution in [3.8, 4) is 0 Å². The van der Waals surface area contributed by atoms with Crippen LogP contribution in [-0.4, -0.2) is 5.91 Å². The van der Waals surface area contributed by atoms with E-state index in [-0.39, 0.29) is 11.4 Å². The van der Waals surface area contributed by atoms with E-state index in [9.17, 15) is 13.6 Å². The van der Waals surface area contributed by atoms with Crippen LogP contribution in [0.2, 0.25) is 0 Å². The molecule has 0 spiro atoms. The standard InChI is InChI=1S/C15H12F2N2O2/c16-11-4-12(17)14(13(18)5-11)19-15(20)8-1-2-9-6-21-7-10(9)3-8/h1-5H,6-7,18H2,(H,19,20). The summed E-state index contributed by atoms with van der Waals surface area (Å²) in [6.07, 6.45) is 0. The fraction of sp³-hybridized carbons (Fsp3) is 0.133. The van der Waals surface area contributed by atoms with Crippen molar-refractivity contribution < 1.29 is 18.3 Å². The molecule has 1 amide bonds. The number of nitrogens with one attached hydrogen (secondary N) is 1. The minimum Gasteiger partial charge on any atom is -0.397 e. The summed E-state index contributed by atoms with van der Waals surface area (Å²) in [5.41, 5.74) is 7.45. The van der Waals surface area contributed by atoms with Crippen molar-refractivity contribution in [3.63, 3.8) is 0 Å². The van der Waals surface area contributed by atoms with E-state index in [0.29, 0.717) is 24.8 Å². The highest BCUT2D eigenvalue weighted by molar-refractivity contribution is 6.06. The largest absolute Gasteiger partial charge is 0.397 e. The number of hydrogen-bond donors (Lipinski definition) is 2. The molecule has 1 aliphatic rings. The predicted molar refractivity (Wildman–Crippen MR) is 73.7 cm³/mol. The molecule has 0 saturated carbocycles. The number of carbonyl (C=O) groups is 1. The Balaban J connectivity index is 1.87. The van der Waals surface area contributed by atoms with E-state index in [0.717, 1.165) is 17.2 Å². The summed E-state index contributed by atoms with van der Waals surface area (Å²) >= 11 is 0. The Morgan fingerprint density at radius 2 is 1.90 bits per heavy atom. The van der Waals surface area contributed by atoms with E-state index in [1.165, 1.54) is 0 Å². The first-order valence-corrected chi connectivity index (χ1v) is 6.30. The Morgan fingerprint density at radius 1 is 1.14 bits per heavy atom. The van der Waals surface area contributed by atoms with Crippen molar-refractivity contribution in [3.05, 3.63) is 58.7 Å². The molecule has 0 aliphatic carbocycles. The van der Waals surface area contributed by atoms with Gasteiger partial charge in [-0.3, -0.25) is 4.79 Å². The van der Waals surface area contributed by atoms with Gasteiger partial charge in [-0.1, -0.05) is 6.07 Å². The van der Waals surface area contributed by atoms with Gasteiger partial charge in [0.25, 0.3) is 5.91 Å². The van der Waals surface area contributed by atoms with Crippen LogP contribution >= 0.6 is 0 Å². The number of benzene rings is 2. The Bertz CT molecular complexity index is 709. The summed E-state index contributed by atoms with van der Waals surface area (Å²) in [4.78, 5) is 12.1. The molecule has 4 nitrogen and oxygen atoms in total. The molecule has 3 rings (SSSR count). The van der Waals surface area contributed by atoms with Crippen molar-refractivity contribution in [2.75, 3.05) is 11.1 Å². The quantitative estimate of drug-likeness (QED) is 0.836. The van der Waals surface area contributed by atoms with E-state index in [2.05, 4.69) is 5.32 Å². The van der Waals surface area contributed by atoms with Crippen molar-refractivity contribution in [1.29, 1.82) is 0 Å². The maximum atomic E-state index is 13.7. The lowest BCUT2D eigenvalue weighted by atomic mass is 10.1. The van der Waals surface area contributed by atoms with Crippen molar-refractivity contribution in [1.82, 2.24) is 0 Å². The van der Waals surface area contributed by atoms with Crippen molar-refractivity contribution in [2.24, 2.45) is 0 Å². The highest BCUT2D eigenvalue weighted by Crippen LogP contribution is 2.25. The second-order valence-corrected chi connectivity index (χ2v) is 4.78. The Kier molecular flexibility index (Phi) is 3.31. The molecule has 0 bridgehead atoms. The third kappa shape index (κ3) is 2.57. The molecule has 1 aliphatic heterocycles. The molecule has 1 heterocycles. The number of rotatable bonds is 2. The molecular weight excluding hydrogens is 278 g/mol. The van der Waals surface area contributed by atoms with Crippen LogP contribution in [-0.2, 0) is 18.0 Å². The zero-order valence-electron chi connectivity index (χ0n) is 11.0. The second kappa shape index (κ2) is 5.14. The van der Waals surface area contributed by atoms with Crippen LogP contribution in [0.5, 0.6) is 0 Å². The summed E-state index contributed by atoms with van der Waals surface area (Å²) in [5.74, 6) is -2.22. The minimum absolute atomic E-state index is 0.162. The van der Waals surface area contributed by atoms with E-state index in [1.807, 2.05) is 0 Å². The molecule has 0 saturated heterocycles. The summed E-state index contributed by atoms with van der Waals surface area (Å²) in [6.45, 7) is 0.972. The minimum atomic E-state index is -0.912. The molecule has 6 heteroatoms. The first-order chi connectivity index (χ1) is 10.0. The first kappa shape index (κ1) is 13.5. The molecule has 0 aromatic heterocycles. The van der Waals surface area contributed by atoms with Crippen LogP contribution in [0.4, 0.5) is 20.2 Å². The van der Waals surface area contributed by atoms with Gasteiger partial charge in [0, 0.05) is 11.6 Å². The molecule has 2 aromatic rings. The number of halogens is 2. The van der Waals surface area contributed by atoms with E-state index < -0.39 is 17.5 Å². The maximum Gasteiger partial charge on any atom is 0.255 e. The second-order valence-electron chi connectivity index (χ2n) is 4.78. The van der Waals surface area contributed by atoms with Gasteiger partial charge < -0.3 is 15.8 Å². The lowest BCUT2D eigenvalue weighted by Gasteiger charge is -2.10. The highest BCUT2D eigenvalue weighted by atomic mass is 19.1. The van der Waals surface area contributed by atoms with Gasteiger partial charge in [0.05, 0.1) is 18.9 Å². The Morgan fingerprint density at radius 3 is 2.67 bits per heavy atom. The summed E-state index contributed by atoms with van der Waals surface area (Å²) < 4.78 is 31.9. The number of amides is 1. The van der Waals surface area contributed by atoms with Gasteiger partial charge in [-0.15, -0.1) is 0 Å². The van der Waals surface area contributed by atoms with Gasteiger partial charge in [0.1, 0.15) is 11.5 Å². The normalized spacial score (nSPS) is 13.0. The summed E-state index contributed by atoms with van der Waals surface area (Å²) in [6, 6.07) is 6.73. The average Bonchev–Trinajstić information content (AvgIpc) is 2.89. The fourth-order valence-corrected chi connectivity index (χ4v) is 2.22. The summed E-state index contributed by atoms with van der Waals surface area (Å²) in [5, 5.41) is 2.37. The average molecular weight is 290 g/mol. The van der Waals surface area contributed by atoms with Gasteiger partial charge in [0.2, 0.25) is 0 Å². The van der Waals surface area contributed by atoms with Gasteiger partial charge in [0.15, 0.2) is 5.82 Å². The third-order valence-corrected chi connectivity index (χ3v) is 3.31. The monoisotopic (exact) mass is 290 g/mol. The van der Waals surface area contributed by atoms with Crippen LogP contribution in [0.1, 0.15) is 21.5 Å². The van der Waals surface area contributed by atoms with Gasteiger partial charge in [-0.05, 0) is 29.3 Å². The molecule has 3 N–H and O–H groups in total. The number of nitrogen functional groups attached to an aromatic ring is 1.